The van der Waals surface area contributed by atoms with E-state index >= 15 is 0 Å². The quantitative estimate of drug-likeness (QED) is 0.344. The number of hydrogen-bond donors (Lipinski definition) is 1. The van der Waals surface area contributed by atoms with Crippen molar-refractivity contribution in [3.8, 4) is 17.3 Å². The molecule has 0 spiro atoms. The average molecular weight is 498 g/mol. The molecule has 6 nitrogen and oxygen atoms in total. The molecule has 3 aromatic heterocycles. The Kier molecular flexibility index (Phi) is 6.35. The monoisotopic (exact) mass is 497 g/mol. The van der Waals surface area contributed by atoms with Gasteiger partial charge in [-0.25, -0.2) is 13.8 Å². The van der Waals surface area contributed by atoms with E-state index in [2.05, 4.69) is 20.3 Å². The van der Waals surface area contributed by atoms with Crippen LogP contribution >= 0.6 is 18.7 Å². The van der Waals surface area contributed by atoms with Crippen LogP contribution < -0.4 is 10.8 Å². The number of anilines is 1. The zero-order valence-corrected chi connectivity index (χ0v) is 20.1. The number of pyridine rings is 3. The maximum atomic E-state index is 14.9. The van der Waals surface area contributed by atoms with Crippen LogP contribution in [-0.2, 0) is 4.57 Å². The first-order chi connectivity index (χ1) is 16.1. The fraction of sp³-hybridized carbons (Fsp3) is 0.167. The lowest BCUT2D eigenvalue weighted by Gasteiger charge is -2.19. The lowest BCUT2D eigenvalue weighted by molar-refractivity contribution is 0.587. The van der Waals surface area contributed by atoms with Crippen molar-refractivity contribution in [2.24, 2.45) is 0 Å². The van der Waals surface area contributed by atoms with E-state index in [1.54, 1.807) is 32.4 Å². The zero-order valence-electron chi connectivity index (χ0n) is 18.5. The summed E-state index contributed by atoms with van der Waals surface area (Å²) in [6.45, 7) is 4.92. The number of fused-ring (bicyclic) bond motifs is 1. The third-order valence-electron chi connectivity index (χ3n) is 5.27. The summed E-state index contributed by atoms with van der Waals surface area (Å²) >= 11 is 6.39. The van der Waals surface area contributed by atoms with Gasteiger partial charge in [0.05, 0.1) is 39.3 Å². The summed E-state index contributed by atoms with van der Waals surface area (Å²) in [4.78, 5) is 12.8. The molecule has 4 aromatic rings. The third-order valence-corrected chi connectivity index (χ3v) is 6.93. The molecule has 0 aliphatic heterocycles. The first-order valence-corrected chi connectivity index (χ1v) is 13.2. The van der Waals surface area contributed by atoms with E-state index in [-0.39, 0.29) is 27.3 Å². The highest BCUT2D eigenvalue weighted by atomic mass is 35.5. The van der Waals surface area contributed by atoms with Gasteiger partial charge in [-0.3, -0.25) is 9.97 Å². The Labute approximate surface area is 200 Å². The summed E-state index contributed by atoms with van der Waals surface area (Å²) in [6, 6.07) is 9.91. The van der Waals surface area contributed by atoms with Crippen LogP contribution in [-0.4, -0.2) is 28.3 Å². The molecule has 172 valence electrons. The SMILES string of the molecule is C[C@@H](Nc1c(Cl)cnc2cc(F)c(-c3ccc(P(C)(C)=O)nc3)nc12)c1cc(C#N)ccc1F. The molecular formula is C24H19ClF2N5OP. The molecule has 0 aliphatic carbocycles. The largest absolute Gasteiger partial charge is 0.375 e. The van der Waals surface area contributed by atoms with Gasteiger partial charge in [-0.05, 0) is 50.6 Å². The summed E-state index contributed by atoms with van der Waals surface area (Å²) < 4.78 is 41.6. The molecule has 10 heteroatoms. The van der Waals surface area contributed by atoms with Crippen molar-refractivity contribution in [2.45, 2.75) is 13.0 Å². The highest BCUT2D eigenvalue weighted by molar-refractivity contribution is 7.69. The zero-order chi connectivity index (χ0) is 24.6. The number of nitrogens with zero attached hydrogens (tertiary/aromatic N) is 4. The van der Waals surface area contributed by atoms with E-state index in [0.29, 0.717) is 22.2 Å². The number of aromatic nitrogens is 3. The first kappa shape index (κ1) is 23.7. The van der Waals surface area contributed by atoms with Gasteiger partial charge in [-0.15, -0.1) is 0 Å². The predicted octanol–water partition coefficient (Wildman–Crippen LogP) is 5.92. The fourth-order valence-corrected chi connectivity index (χ4v) is 4.45. The van der Waals surface area contributed by atoms with Crippen molar-refractivity contribution in [1.82, 2.24) is 15.0 Å². The Morgan fingerprint density at radius 3 is 2.50 bits per heavy atom. The predicted molar refractivity (Wildman–Crippen MR) is 130 cm³/mol. The second-order valence-electron chi connectivity index (χ2n) is 8.14. The molecule has 0 fully saturated rings. The molecule has 0 saturated carbocycles. The Morgan fingerprint density at radius 2 is 1.85 bits per heavy atom. The van der Waals surface area contributed by atoms with E-state index in [1.807, 2.05) is 6.07 Å². The minimum Gasteiger partial charge on any atom is -0.375 e. The topological polar surface area (TPSA) is 91.6 Å². The van der Waals surface area contributed by atoms with Gasteiger partial charge in [0.2, 0.25) is 0 Å². The van der Waals surface area contributed by atoms with Gasteiger partial charge in [0.15, 0.2) is 5.82 Å². The molecule has 0 aliphatic rings. The van der Waals surface area contributed by atoms with E-state index < -0.39 is 24.8 Å². The maximum absolute atomic E-state index is 14.9. The molecule has 0 bridgehead atoms. The standard InChI is InChI=1S/C24H19ClF2N5OP/c1-13(16-8-14(10-28)4-6-18(16)26)31-23-17(25)12-29-20-9-19(27)22(32-24(20)23)15-5-7-21(30-11-15)34(2,3)33/h4-9,11-13H,1-3H3,(H,29,31)/t13-/m1/s1. The summed E-state index contributed by atoms with van der Waals surface area (Å²) in [7, 11) is -2.56. The highest BCUT2D eigenvalue weighted by Gasteiger charge is 2.19. The second kappa shape index (κ2) is 9.09. The molecule has 0 radical (unpaired) electrons. The van der Waals surface area contributed by atoms with Gasteiger partial charge < -0.3 is 9.88 Å². The molecule has 4 rings (SSSR count). The highest BCUT2D eigenvalue weighted by Crippen LogP contribution is 2.36. The van der Waals surface area contributed by atoms with Crippen molar-refractivity contribution >= 4 is 40.9 Å². The molecule has 0 saturated heterocycles. The molecule has 0 unspecified atom stereocenters. The normalized spacial score (nSPS) is 12.4. The van der Waals surface area contributed by atoms with Crippen molar-refractivity contribution in [2.75, 3.05) is 18.6 Å². The van der Waals surface area contributed by atoms with Crippen molar-refractivity contribution in [3.63, 3.8) is 0 Å². The van der Waals surface area contributed by atoms with Crippen LogP contribution in [0.2, 0.25) is 5.02 Å². The number of nitrogens with one attached hydrogen (secondary N) is 1. The molecular weight excluding hydrogens is 479 g/mol. The number of benzene rings is 1. The van der Waals surface area contributed by atoms with Gasteiger partial charge in [0, 0.05) is 29.6 Å². The fourth-order valence-electron chi connectivity index (χ4n) is 3.49. The van der Waals surface area contributed by atoms with E-state index in [0.717, 1.165) is 0 Å². The number of halogens is 3. The van der Waals surface area contributed by atoms with Gasteiger partial charge in [0.25, 0.3) is 0 Å². The second-order valence-corrected chi connectivity index (χ2v) is 11.7. The lowest BCUT2D eigenvalue weighted by Crippen LogP contribution is -2.11. The lowest BCUT2D eigenvalue weighted by atomic mass is 10.0. The minimum absolute atomic E-state index is 0.0195. The van der Waals surface area contributed by atoms with Crippen LogP contribution in [0, 0.1) is 23.0 Å². The Hall–Kier alpha value is -3.40. The summed E-state index contributed by atoms with van der Waals surface area (Å²) in [6.07, 6.45) is 2.78. The van der Waals surface area contributed by atoms with Crippen LogP contribution in [0.3, 0.4) is 0 Å². The van der Waals surface area contributed by atoms with Crippen LogP contribution in [0.15, 0.2) is 48.8 Å². The molecule has 34 heavy (non-hydrogen) atoms. The van der Waals surface area contributed by atoms with Crippen molar-refractivity contribution in [1.29, 1.82) is 5.26 Å². The number of rotatable bonds is 5. The molecule has 3 heterocycles. The summed E-state index contributed by atoms with van der Waals surface area (Å²) in [5.41, 5.74) is 2.31. The average Bonchev–Trinajstić information content (AvgIpc) is 2.80. The van der Waals surface area contributed by atoms with Gasteiger partial charge in [-0.1, -0.05) is 11.6 Å². The van der Waals surface area contributed by atoms with Crippen LogP contribution in [0.5, 0.6) is 0 Å². The first-order valence-electron chi connectivity index (χ1n) is 10.2. The van der Waals surface area contributed by atoms with Crippen LogP contribution in [0.1, 0.15) is 24.1 Å². The van der Waals surface area contributed by atoms with Crippen LogP contribution in [0.4, 0.5) is 14.5 Å². The summed E-state index contributed by atoms with van der Waals surface area (Å²) in [5, 5.41) is 12.5. The van der Waals surface area contributed by atoms with Crippen molar-refractivity contribution < 1.29 is 13.3 Å². The Morgan fingerprint density at radius 1 is 1.09 bits per heavy atom. The maximum Gasteiger partial charge on any atom is 0.151 e. The molecule has 1 atom stereocenters. The van der Waals surface area contributed by atoms with E-state index in [4.69, 9.17) is 16.9 Å². The van der Waals surface area contributed by atoms with Crippen LogP contribution in [0.25, 0.3) is 22.3 Å². The summed E-state index contributed by atoms with van der Waals surface area (Å²) in [5.74, 6) is -1.09. The number of hydrogen-bond acceptors (Lipinski definition) is 6. The van der Waals surface area contributed by atoms with Gasteiger partial charge in [0.1, 0.15) is 24.2 Å². The van der Waals surface area contributed by atoms with Gasteiger partial charge >= 0.3 is 0 Å². The Bertz CT molecular complexity index is 1500. The molecule has 1 N–H and O–H groups in total. The number of nitriles is 1. The van der Waals surface area contributed by atoms with Gasteiger partial charge in [-0.2, -0.15) is 5.26 Å². The third kappa shape index (κ3) is 4.63. The smallest absolute Gasteiger partial charge is 0.151 e. The molecule has 1 aromatic carbocycles. The van der Waals surface area contributed by atoms with E-state index in [1.165, 1.54) is 36.7 Å². The van der Waals surface area contributed by atoms with E-state index in [9.17, 15) is 13.3 Å². The Balaban J connectivity index is 1.80. The minimum atomic E-state index is -2.56. The van der Waals surface area contributed by atoms with Crippen molar-refractivity contribution in [3.05, 3.63) is 76.6 Å². The molecule has 0 amide bonds.